The average molecular weight is 448 g/mol. The summed E-state index contributed by atoms with van der Waals surface area (Å²) < 4.78 is 2.20. The summed E-state index contributed by atoms with van der Waals surface area (Å²) in [5.74, 6) is 1.60. The van der Waals surface area contributed by atoms with E-state index in [1.165, 1.54) is 0 Å². The molecule has 106 valence electrons. The maximum atomic E-state index is 4.65. The molecule has 1 fully saturated rings. The van der Waals surface area contributed by atoms with Gasteiger partial charge in [0.15, 0.2) is 5.82 Å². The highest BCUT2D eigenvalue weighted by Crippen LogP contribution is 2.27. The largest absolute Gasteiger partial charge is 0.337 e. The fourth-order valence-electron chi connectivity index (χ4n) is 2.31. The number of halogens is 2. The lowest BCUT2D eigenvalue weighted by atomic mass is 10.2. The second-order valence-corrected chi connectivity index (χ2v) is 6.99. The topological polar surface area (TPSA) is 56.8 Å². The molecule has 0 radical (unpaired) electrons. The monoisotopic (exact) mass is 447 g/mol. The summed E-state index contributed by atoms with van der Waals surface area (Å²) in [6.07, 6.45) is 0. The lowest BCUT2D eigenvalue weighted by Gasteiger charge is -2.30. The fraction of sp³-hybridized carbons (Fsp3) is 0.385. The van der Waals surface area contributed by atoms with E-state index in [-0.39, 0.29) is 0 Å². The number of aromatic nitrogens is 3. The molecule has 2 heterocycles. The van der Waals surface area contributed by atoms with Gasteiger partial charge >= 0.3 is 0 Å². The third kappa shape index (κ3) is 2.99. The fourth-order valence-corrected chi connectivity index (χ4v) is 3.26. The van der Waals surface area contributed by atoms with Crippen molar-refractivity contribution in [3.05, 3.63) is 26.2 Å². The summed E-state index contributed by atoms with van der Waals surface area (Å²) in [5.41, 5.74) is 1.07. The number of hydrogen-bond donors (Lipinski definition) is 2. The Morgan fingerprint density at radius 3 is 3.10 bits per heavy atom. The number of nitrogens with one attached hydrogen (secondary N) is 2. The lowest BCUT2D eigenvalue weighted by molar-refractivity contribution is 0.480. The molecule has 1 aromatic carbocycles. The number of piperazine rings is 1. The third-order valence-corrected chi connectivity index (χ3v) is 4.74. The van der Waals surface area contributed by atoms with Gasteiger partial charge in [0, 0.05) is 39.3 Å². The molecule has 0 amide bonds. The van der Waals surface area contributed by atoms with E-state index in [1.54, 1.807) is 0 Å². The normalized spacial score (nSPS) is 19.4. The Balaban J connectivity index is 1.88. The molecule has 0 aliphatic carbocycles. The standard InChI is InChI=1S/C13H15BrIN5/c1-8-7-20(5-4-16-8)13-17-12(18-19-13)10-6-9(14)2-3-11(10)15/h2-3,6,8,16H,4-5,7H2,1H3,(H,17,18,19)/t8-/m0/s1. The summed E-state index contributed by atoms with van der Waals surface area (Å²) in [4.78, 5) is 6.86. The molecule has 1 aromatic heterocycles. The van der Waals surface area contributed by atoms with Crippen LogP contribution in [0.5, 0.6) is 0 Å². The van der Waals surface area contributed by atoms with E-state index in [2.05, 4.69) is 83.0 Å². The minimum absolute atomic E-state index is 0.469. The van der Waals surface area contributed by atoms with Gasteiger partial charge in [-0.25, -0.2) is 0 Å². The first-order chi connectivity index (χ1) is 9.63. The zero-order valence-corrected chi connectivity index (χ0v) is 14.8. The lowest BCUT2D eigenvalue weighted by Crippen LogP contribution is -2.49. The maximum absolute atomic E-state index is 4.65. The number of rotatable bonds is 2. The van der Waals surface area contributed by atoms with Crippen molar-refractivity contribution in [2.45, 2.75) is 13.0 Å². The van der Waals surface area contributed by atoms with E-state index in [1.807, 2.05) is 6.07 Å². The number of benzene rings is 1. The summed E-state index contributed by atoms with van der Waals surface area (Å²) in [6.45, 7) is 5.03. The number of nitrogens with zero attached hydrogens (tertiary/aromatic N) is 3. The van der Waals surface area contributed by atoms with Crippen molar-refractivity contribution >= 4 is 44.5 Å². The van der Waals surface area contributed by atoms with Crippen molar-refractivity contribution in [3.63, 3.8) is 0 Å². The highest BCUT2D eigenvalue weighted by atomic mass is 127. The van der Waals surface area contributed by atoms with Crippen molar-refractivity contribution in [2.75, 3.05) is 24.5 Å². The molecule has 1 aliphatic heterocycles. The molecule has 0 spiro atoms. The van der Waals surface area contributed by atoms with Gasteiger partial charge in [0.2, 0.25) is 5.95 Å². The van der Waals surface area contributed by atoms with E-state index in [0.717, 1.165) is 45.0 Å². The Kier molecular flexibility index (Phi) is 4.27. The Labute approximate surface area is 139 Å². The predicted octanol–water partition coefficient (Wildman–Crippen LogP) is 2.64. The number of hydrogen-bond acceptors (Lipinski definition) is 4. The van der Waals surface area contributed by atoms with Crippen LogP contribution in [0.1, 0.15) is 6.92 Å². The van der Waals surface area contributed by atoms with Crippen molar-refractivity contribution in [1.29, 1.82) is 0 Å². The van der Waals surface area contributed by atoms with E-state index in [9.17, 15) is 0 Å². The predicted molar refractivity (Wildman–Crippen MR) is 91.9 cm³/mol. The van der Waals surface area contributed by atoms with Crippen molar-refractivity contribution in [2.24, 2.45) is 0 Å². The first kappa shape index (κ1) is 14.3. The summed E-state index contributed by atoms with van der Waals surface area (Å²) in [6, 6.07) is 6.62. The average Bonchev–Trinajstić information content (AvgIpc) is 2.91. The minimum atomic E-state index is 0.469. The van der Waals surface area contributed by atoms with Crippen molar-refractivity contribution < 1.29 is 0 Å². The van der Waals surface area contributed by atoms with Gasteiger partial charge in [-0.1, -0.05) is 15.9 Å². The van der Waals surface area contributed by atoms with Gasteiger partial charge in [0.05, 0.1) is 0 Å². The first-order valence-electron chi connectivity index (χ1n) is 6.49. The van der Waals surface area contributed by atoms with Gasteiger partial charge in [-0.15, -0.1) is 5.10 Å². The Morgan fingerprint density at radius 2 is 2.30 bits per heavy atom. The van der Waals surface area contributed by atoms with Crippen LogP contribution in [-0.4, -0.2) is 40.9 Å². The Bertz CT molecular complexity index is 615. The molecule has 5 nitrogen and oxygen atoms in total. The second-order valence-electron chi connectivity index (χ2n) is 4.91. The van der Waals surface area contributed by atoms with Crippen molar-refractivity contribution in [1.82, 2.24) is 20.5 Å². The minimum Gasteiger partial charge on any atom is -0.337 e. The quantitative estimate of drug-likeness (QED) is 0.695. The van der Waals surface area contributed by atoms with E-state index in [4.69, 9.17) is 0 Å². The van der Waals surface area contributed by atoms with Crippen LogP contribution in [0.25, 0.3) is 11.4 Å². The summed E-state index contributed by atoms with van der Waals surface area (Å²) in [7, 11) is 0. The number of anilines is 1. The SMILES string of the molecule is C[C@H]1CN(c2n[nH]c(-c3cc(Br)ccc3I)n2)CCN1. The van der Waals surface area contributed by atoms with Crippen LogP contribution < -0.4 is 10.2 Å². The van der Waals surface area contributed by atoms with Crippen LogP contribution in [0.3, 0.4) is 0 Å². The molecule has 1 aliphatic rings. The highest BCUT2D eigenvalue weighted by molar-refractivity contribution is 14.1. The number of H-pyrrole nitrogens is 1. The van der Waals surface area contributed by atoms with E-state index in [0.29, 0.717) is 6.04 Å². The van der Waals surface area contributed by atoms with E-state index < -0.39 is 0 Å². The first-order valence-corrected chi connectivity index (χ1v) is 8.37. The molecule has 1 atom stereocenters. The van der Waals surface area contributed by atoms with Crippen LogP contribution in [0.2, 0.25) is 0 Å². The molecule has 2 aromatic rings. The highest BCUT2D eigenvalue weighted by Gasteiger charge is 2.20. The summed E-state index contributed by atoms with van der Waals surface area (Å²) in [5, 5.41) is 10.8. The zero-order chi connectivity index (χ0) is 14.1. The molecule has 2 N–H and O–H groups in total. The molecule has 3 rings (SSSR count). The molecule has 0 saturated carbocycles. The van der Waals surface area contributed by atoms with Gasteiger partial charge in [-0.3, -0.25) is 5.10 Å². The molecule has 0 unspecified atom stereocenters. The van der Waals surface area contributed by atoms with Crippen LogP contribution in [0, 0.1) is 3.57 Å². The molecule has 0 bridgehead atoms. The second kappa shape index (κ2) is 5.98. The van der Waals surface area contributed by atoms with Crippen LogP contribution in [0.4, 0.5) is 5.95 Å². The van der Waals surface area contributed by atoms with Gasteiger partial charge in [-0.05, 0) is 47.7 Å². The van der Waals surface area contributed by atoms with Gasteiger partial charge in [0.25, 0.3) is 0 Å². The molecule has 1 saturated heterocycles. The smallest absolute Gasteiger partial charge is 0.245 e. The van der Waals surface area contributed by atoms with Gasteiger partial charge in [-0.2, -0.15) is 4.98 Å². The van der Waals surface area contributed by atoms with Crippen LogP contribution >= 0.6 is 38.5 Å². The molecular weight excluding hydrogens is 433 g/mol. The molecular formula is C13H15BrIN5. The Morgan fingerprint density at radius 1 is 1.45 bits per heavy atom. The molecule has 7 heteroatoms. The van der Waals surface area contributed by atoms with Crippen molar-refractivity contribution in [3.8, 4) is 11.4 Å². The van der Waals surface area contributed by atoms with Gasteiger partial charge in [0.1, 0.15) is 0 Å². The van der Waals surface area contributed by atoms with E-state index >= 15 is 0 Å². The third-order valence-electron chi connectivity index (χ3n) is 3.31. The maximum Gasteiger partial charge on any atom is 0.245 e. The number of aromatic amines is 1. The Hall–Kier alpha value is -0.670. The zero-order valence-electron chi connectivity index (χ0n) is 11.0. The van der Waals surface area contributed by atoms with Gasteiger partial charge < -0.3 is 10.2 Å². The van der Waals surface area contributed by atoms with Crippen LogP contribution in [-0.2, 0) is 0 Å². The summed E-state index contributed by atoms with van der Waals surface area (Å²) >= 11 is 5.82. The van der Waals surface area contributed by atoms with Crippen LogP contribution in [0.15, 0.2) is 22.7 Å². The molecule has 20 heavy (non-hydrogen) atoms.